The number of likely N-dealkylation sites (N-methyl/N-ethyl adjacent to an activating group) is 1. The summed E-state index contributed by atoms with van der Waals surface area (Å²) in [7, 11) is 4.53. The Bertz CT molecular complexity index is 1770. The highest BCUT2D eigenvalue weighted by Crippen LogP contribution is 2.57. The second-order valence-corrected chi connectivity index (χ2v) is 11.6. The molecule has 0 bridgehead atoms. The fourth-order valence-corrected chi connectivity index (χ4v) is 6.45. The number of fused-ring (bicyclic) bond motifs is 2. The Balaban J connectivity index is 1.33. The van der Waals surface area contributed by atoms with Gasteiger partial charge in [-0.05, 0) is 36.6 Å². The highest BCUT2D eigenvalue weighted by atomic mass is 19.1. The molecule has 3 heterocycles. The van der Waals surface area contributed by atoms with Crippen LogP contribution >= 0.6 is 0 Å². The van der Waals surface area contributed by atoms with Gasteiger partial charge in [0.15, 0.2) is 0 Å². The van der Waals surface area contributed by atoms with Crippen molar-refractivity contribution in [2.24, 2.45) is 12.5 Å². The summed E-state index contributed by atoms with van der Waals surface area (Å²) >= 11 is 0. The van der Waals surface area contributed by atoms with E-state index in [2.05, 4.69) is 15.2 Å². The zero-order valence-electron chi connectivity index (χ0n) is 24.2. The number of amides is 3. The minimum Gasteiger partial charge on any atom is -0.468 e. The van der Waals surface area contributed by atoms with E-state index in [4.69, 9.17) is 5.10 Å². The third-order valence-corrected chi connectivity index (χ3v) is 8.65. The number of esters is 1. The van der Waals surface area contributed by atoms with E-state index in [9.17, 15) is 19.2 Å². The molecular formula is C30H32FN7O5. The first kappa shape index (κ1) is 28.3. The highest BCUT2D eigenvalue weighted by molar-refractivity contribution is 6.00. The fourth-order valence-electron chi connectivity index (χ4n) is 6.45. The summed E-state index contributed by atoms with van der Waals surface area (Å²) in [5.41, 5.74) is 3.41. The van der Waals surface area contributed by atoms with Crippen molar-refractivity contribution >= 4 is 46.0 Å². The van der Waals surface area contributed by atoms with Crippen LogP contribution in [0, 0.1) is 11.2 Å². The van der Waals surface area contributed by atoms with E-state index in [0.29, 0.717) is 35.1 Å². The number of benzene rings is 2. The average molecular weight is 590 g/mol. The lowest BCUT2D eigenvalue weighted by Gasteiger charge is -2.57. The normalized spacial score (nSPS) is 15.8. The number of halogens is 1. The predicted octanol–water partition coefficient (Wildman–Crippen LogP) is 1.81. The molecule has 1 aliphatic carbocycles. The number of carbonyl (C=O) groups is 4. The van der Waals surface area contributed by atoms with Crippen LogP contribution in [0.2, 0.25) is 0 Å². The number of aryl methyl sites for hydroxylation is 1. The smallest absolute Gasteiger partial charge is 0.325 e. The van der Waals surface area contributed by atoms with Gasteiger partial charge in [0.05, 0.1) is 36.6 Å². The molecule has 12 nitrogen and oxygen atoms in total. The van der Waals surface area contributed by atoms with Crippen LogP contribution in [0.1, 0.15) is 24.5 Å². The van der Waals surface area contributed by atoms with Crippen molar-refractivity contribution in [2.75, 3.05) is 40.3 Å². The maximum Gasteiger partial charge on any atom is 0.325 e. The van der Waals surface area contributed by atoms with Gasteiger partial charge >= 0.3 is 5.97 Å². The third kappa shape index (κ3) is 5.08. The molecule has 2 aromatic heterocycles. The Morgan fingerprint density at radius 2 is 1.95 bits per heavy atom. The lowest BCUT2D eigenvalue weighted by atomic mass is 9.57. The molecule has 1 spiro atoms. The maximum atomic E-state index is 15.6. The number of carbonyl (C=O) groups excluding carboxylic acids is 4. The van der Waals surface area contributed by atoms with Crippen LogP contribution in [-0.4, -0.2) is 93.9 Å². The second kappa shape index (κ2) is 10.8. The predicted molar refractivity (Wildman–Crippen MR) is 154 cm³/mol. The monoisotopic (exact) mass is 589 g/mol. The fraction of sp³-hybridized carbons (Fsp3) is 0.400. The van der Waals surface area contributed by atoms with E-state index in [1.807, 2.05) is 18.2 Å². The molecule has 1 aliphatic heterocycles. The molecule has 3 amide bonds. The first-order chi connectivity index (χ1) is 20.6. The molecule has 6 rings (SSSR count). The van der Waals surface area contributed by atoms with E-state index in [1.165, 1.54) is 25.1 Å². The highest BCUT2D eigenvalue weighted by Gasteiger charge is 2.53. The van der Waals surface area contributed by atoms with Crippen molar-refractivity contribution < 1.29 is 28.3 Å². The standard InChI is InChI=1S/C30H32FN7O5/c1-35(13-25(40)32-12-27(42)43-3)26(41)14-38-23-6-4-5-20(21-8-24-18(7-22(21)31)11-33-36(24)2)28(23)29(34-38)19-9-30(10-19)15-37(16-30)17-39/h4-8,11,17,19H,9-10,12-16H2,1-3H3,(H,32,40). The van der Waals surface area contributed by atoms with Gasteiger partial charge in [-0.15, -0.1) is 0 Å². The van der Waals surface area contributed by atoms with Crippen molar-refractivity contribution in [3.05, 3.63) is 48.0 Å². The molecule has 0 atom stereocenters. The lowest BCUT2D eigenvalue weighted by molar-refractivity contribution is -0.141. The molecule has 224 valence electrons. The summed E-state index contributed by atoms with van der Waals surface area (Å²) in [5.74, 6) is -1.75. The van der Waals surface area contributed by atoms with Crippen LogP contribution in [-0.2, 0) is 37.5 Å². The van der Waals surface area contributed by atoms with Crippen molar-refractivity contribution in [3.8, 4) is 11.1 Å². The molecule has 0 unspecified atom stereocenters. The van der Waals surface area contributed by atoms with Gasteiger partial charge in [0.1, 0.15) is 18.9 Å². The minimum atomic E-state index is -0.591. The molecule has 2 aliphatic rings. The SMILES string of the molecule is COC(=O)CNC(=O)CN(C)C(=O)Cn1nc(C2CC3(C2)CN(C=O)C3)c2c(-c3cc4c(cnn4C)cc3F)cccc21. The molecule has 13 heteroatoms. The summed E-state index contributed by atoms with van der Waals surface area (Å²) in [5, 5.41) is 13.1. The summed E-state index contributed by atoms with van der Waals surface area (Å²) < 4.78 is 23.4. The Labute approximate surface area is 246 Å². The first-order valence-electron chi connectivity index (χ1n) is 14.0. The van der Waals surface area contributed by atoms with Gasteiger partial charge in [0.25, 0.3) is 0 Å². The van der Waals surface area contributed by atoms with Crippen molar-refractivity contribution in [1.82, 2.24) is 34.7 Å². The van der Waals surface area contributed by atoms with Crippen molar-refractivity contribution in [1.29, 1.82) is 0 Å². The Morgan fingerprint density at radius 3 is 2.67 bits per heavy atom. The summed E-state index contributed by atoms with van der Waals surface area (Å²) in [6.45, 7) is 0.751. The number of rotatable bonds is 9. The van der Waals surface area contributed by atoms with Crippen LogP contribution in [0.4, 0.5) is 4.39 Å². The average Bonchev–Trinajstić information content (AvgIpc) is 3.49. The van der Waals surface area contributed by atoms with Gasteiger partial charge in [0.2, 0.25) is 18.2 Å². The first-order valence-corrected chi connectivity index (χ1v) is 14.0. The number of methoxy groups -OCH3 is 1. The van der Waals surface area contributed by atoms with Crippen LogP contribution in [0.3, 0.4) is 0 Å². The summed E-state index contributed by atoms with van der Waals surface area (Å²) in [6.07, 6.45) is 4.18. The van der Waals surface area contributed by atoms with Crippen molar-refractivity contribution in [2.45, 2.75) is 25.3 Å². The van der Waals surface area contributed by atoms with E-state index < -0.39 is 11.9 Å². The van der Waals surface area contributed by atoms with E-state index >= 15 is 4.39 Å². The zero-order chi connectivity index (χ0) is 30.5. The largest absolute Gasteiger partial charge is 0.468 e. The van der Waals surface area contributed by atoms with E-state index in [-0.39, 0.29) is 42.7 Å². The Morgan fingerprint density at radius 1 is 1.19 bits per heavy atom. The van der Waals surface area contributed by atoms with E-state index in [1.54, 1.807) is 33.6 Å². The van der Waals surface area contributed by atoms with Gasteiger partial charge < -0.3 is 19.9 Å². The number of aromatic nitrogens is 4. The molecule has 1 N–H and O–H groups in total. The number of hydrogen-bond donors (Lipinski definition) is 1. The second-order valence-electron chi connectivity index (χ2n) is 11.6. The molecule has 0 radical (unpaired) electrons. The maximum absolute atomic E-state index is 15.6. The molecule has 2 aromatic carbocycles. The number of nitrogens with zero attached hydrogens (tertiary/aromatic N) is 6. The quantitative estimate of drug-likeness (QED) is 0.233. The van der Waals surface area contributed by atoms with E-state index in [0.717, 1.165) is 35.8 Å². The zero-order valence-corrected chi connectivity index (χ0v) is 24.2. The van der Waals surface area contributed by atoms with Gasteiger partial charge in [-0.2, -0.15) is 10.2 Å². The molecule has 1 saturated carbocycles. The van der Waals surface area contributed by atoms with Crippen LogP contribution < -0.4 is 5.32 Å². The topological polar surface area (TPSA) is 132 Å². The van der Waals surface area contributed by atoms with Crippen LogP contribution in [0.5, 0.6) is 0 Å². The molecule has 1 saturated heterocycles. The lowest BCUT2D eigenvalue weighted by Crippen LogP contribution is -2.61. The molecule has 4 aromatic rings. The van der Waals surface area contributed by atoms with Crippen LogP contribution in [0.15, 0.2) is 36.5 Å². The van der Waals surface area contributed by atoms with Crippen LogP contribution in [0.25, 0.3) is 32.9 Å². The number of hydrogen-bond acceptors (Lipinski definition) is 7. The minimum absolute atomic E-state index is 0.0725. The Hall–Kier alpha value is -4.81. The number of ether oxygens (including phenoxy) is 1. The van der Waals surface area contributed by atoms with Gasteiger partial charge in [-0.25, -0.2) is 4.39 Å². The van der Waals surface area contributed by atoms with Gasteiger partial charge in [0, 0.05) is 54.9 Å². The molecule has 2 fully saturated rings. The summed E-state index contributed by atoms with van der Waals surface area (Å²) in [4.78, 5) is 51.0. The Kier molecular flexibility index (Phi) is 7.10. The van der Waals surface area contributed by atoms with Gasteiger partial charge in [-0.3, -0.25) is 28.5 Å². The molecular weight excluding hydrogens is 557 g/mol. The van der Waals surface area contributed by atoms with Crippen molar-refractivity contribution in [3.63, 3.8) is 0 Å². The third-order valence-electron chi connectivity index (χ3n) is 8.65. The number of nitrogens with one attached hydrogen (secondary N) is 1. The molecule has 43 heavy (non-hydrogen) atoms. The number of likely N-dealkylation sites (tertiary alicyclic amines) is 1. The summed E-state index contributed by atoms with van der Waals surface area (Å²) in [6, 6.07) is 8.81. The van der Waals surface area contributed by atoms with Gasteiger partial charge in [-0.1, -0.05) is 12.1 Å².